The van der Waals surface area contributed by atoms with Crippen LogP contribution in [0, 0.1) is 17.5 Å². The topological polar surface area (TPSA) is 58.6 Å². The highest BCUT2D eigenvalue weighted by Crippen LogP contribution is 2.13. The summed E-state index contributed by atoms with van der Waals surface area (Å²) in [6.07, 6.45) is 1.47. The van der Waals surface area contributed by atoms with Crippen molar-refractivity contribution in [3.8, 4) is 0 Å². The van der Waals surface area contributed by atoms with E-state index in [0.29, 0.717) is 11.4 Å². The number of methoxy groups -OCH3 is 1. The van der Waals surface area contributed by atoms with E-state index in [1.807, 2.05) is 24.3 Å². The Morgan fingerprint density at radius 2 is 1.73 bits per heavy atom. The molecule has 4 nitrogen and oxygen atoms in total. The number of hydroxylamine groups is 1. The zero-order valence-corrected chi connectivity index (χ0v) is 14.8. The second-order valence-electron chi connectivity index (χ2n) is 5.30. The molecule has 2 aromatic carbocycles. The predicted molar refractivity (Wildman–Crippen MR) is 91.4 cm³/mol. The molecule has 0 bridgehead atoms. The van der Waals surface area contributed by atoms with Crippen LogP contribution < -0.4 is 5.48 Å². The Kier molecular flexibility index (Phi) is 9.72. The third-order valence-corrected chi connectivity index (χ3v) is 3.70. The average Bonchev–Trinajstić information content (AvgIpc) is 2.64. The summed E-state index contributed by atoms with van der Waals surface area (Å²) in [5.41, 5.74) is 2.74. The highest BCUT2D eigenvalue weighted by atomic mass is 35.5. The second kappa shape index (κ2) is 11.5. The van der Waals surface area contributed by atoms with E-state index in [-0.39, 0.29) is 12.5 Å². The fourth-order valence-electron chi connectivity index (χ4n) is 2.01. The number of carbonyl (C=O) groups excluding carboxylic acids is 1. The number of rotatable bonds is 6. The van der Waals surface area contributed by atoms with Crippen molar-refractivity contribution in [2.45, 2.75) is 25.4 Å². The number of ether oxygens (including phenoxy) is 1. The molecule has 0 aliphatic heterocycles. The molecule has 8 heteroatoms. The van der Waals surface area contributed by atoms with Gasteiger partial charge in [-0.2, -0.15) is 0 Å². The van der Waals surface area contributed by atoms with Gasteiger partial charge in [0.15, 0.2) is 17.5 Å². The van der Waals surface area contributed by atoms with Crippen molar-refractivity contribution in [1.82, 2.24) is 5.48 Å². The Morgan fingerprint density at radius 1 is 1.15 bits per heavy atom. The van der Waals surface area contributed by atoms with Crippen molar-refractivity contribution < 1.29 is 27.9 Å². The number of aryl methyl sites for hydroxylation is 1. The quantitative estimate of drug-likeness (QED) is 0.440. The van der Waals surface area contributed by atoms with Gasteiger partial charge in [-0.05, 0) is 42.7 Å². The van der Waals surface area contributed by atoms with E-state index in [2.05, 4.69) is 0 Å². The highest BCUT2D eigenvalue weighted by Gasteiger charge is 2.12. The van der Waals surface area contributed by atoms with E-state index < -0.39 is 23.4 Å². The van der Waals surface area contributed by atoms with Crippen LogP contribution in [0.3, 0.4) is 0 Å². The first kappa shape index (κ1) is 22.0. The SMILES string of the molecule is COC(CCc1ccc(Cl)cc1)CC(=O)NO.Fc1cccc(F)c1F. The predicted octanol–water partition coefficient (Wildman–Crippen LogP) is 4.29. The Morgan fingerprint density at radius 3 is 2.19 bits per heavy atom. The lowest BCUT2D eigenvalue weighted by molar-refractivity contribution is -0.131. The van der Waals surface area contributed by atoms with E-state index in [1.54, 1.807) is 12.6 Å². The van der Waals surface area contributed by atoms with Gasteiger partial charge in [-0.3, -0.25) is 10.0 Å². The number of halogens is 4. The van der Waals surface area contributed by atoms with Gasteiger partial charge in [-0.1, -0.05) is 29.8 Å². The summed E-state index contributed by atoms with van der Waals surface area (Å²) in [5.74, 6) is -4.17. The summed E-state index contributed by atoms with van der Waals surface area (Å²) in [6, 6.07) is 10.4. The summed E-state index contributed by atoms with van der Waals surface area (Å²) in [6.45, 7) is 0. The highest BCUT2D eigenvalue weighted by molar-refractivity contribution is 6.30. The Hall–Kier alpha value is -2.09. The first-order valence-corrected chi connectivity index (χ1v) is 8.04. The molecule has 1 unspecified atom stereocenters. The summed E-state index contributed by atoms with van der Waals surface area (Å²) in [5, 5.41) is 9.13. The molecule has 2 N–H and O–H groups in total. The van der Waals surface area contributed by atoms with Crippen molar-refractivity contribution in [3.05, 3.63) is 70.5 Å². The first-order valence-electron chi connectivity index (χ1n) is 7.67. The number of hydrogen-bond donors (Lipinski definition) is 2. The molecule has 0 fully saturated rings. The normalized spacial score (nSPS) is 11.3. The van der Waals surface area contributed by atoms with Gasteiger partial charge < -0.3 is 4.74 Å². The van der Waals surface area contributed by atoms with Gasteiger partial charge in [-0.15, -0.1) is 0 Å². The Labute approximate surface area is 154 Å². The third kappa shape index (κ3) is 7.86. The Bertz CT molecular complexity index is 678. The average molecular weight is 390 g/mol. The van der Waals surface area contributed by atoms with Gasteiger partial charge >= 0.3 is 0 Å². The molecule has 0 aliphatic rings. The van der Waals surface area contributed by atoms with Gasteiger partial charge in [0, 0.05) is 12.1 Å². The molecule has 2 aromatic rings. The molecule has 142 valence electrons. The molecule has 1 amide bonds. The van der Waals surface area contributed by atoms with Gasteiger partial charge in [0.25, 0.3) is 0 Å². The molecule has 2 rings (SSSR count). The molecule has 0 saturated carbocycles. The lowest BCUT2D eigenvalue weighted by Gasteiger charge is -2.13. The molecule has 26 heavy (non-hydrogen) atoms. The van der Waals surface area contributed by atoms with E-state index in [9.17, 15) is 18.0 Å². The summed E-state index contributed by atoms with van der Waals surface area (Å²) in [7, 11) is 1.55. The monoisotopic (exact) mass is 389 g/mol. The van der Waals surface area contributed by atoms with Crippen LogP contribution in [0.4, 0.5) is 13.2 Å². The van der Waals surface area contributed by atoms with Crippen LogP contribution in [-0.4, -0.2) is 24.3 Å². The zero-order chi connectivity index (χ0) is 19.5. The largest absolute Gasteiger partial charge is 0.381 e. The lowest BCUT2D eigenvalue weighted by atomic mass is 10.0. The Balaban J connectivity index is 0.000000314. The van der Waals surface area contributed by atoms with Crippen molar-refractivity contribution in [2.24, 2.45) is 0 Å². The molecule has 0 aromatic heterocycles. The van der Waals surface area contributed by atoms with Crippen LogP contribution in [0.1, 0.15) is 18.4 Å². The fourth-order valence-corrected chi connectivity index (χ4v) is 2.14. The van der Waals surface area contributed by atoms with E-state index in [1.165, 1.54) is 0 Å². The number of hydrogen-bond acceptors (Lipinski definition) is 3. The number of benzene rings is 2. The van der Waals surface area contributed by atoms with Gasteiger partial charge in [0.05, 0.1) is 12.5 Å². The molecule has 0 spiro atoms. The maximum Gasteiger partial charge on any atom is 0.245 e. The van der Waals surface area contributed by atoms with E-state index in [0.717, 1.165) is 30.2 Å². The number of carbonyl (C=O) groups is 1. The second-order valence-corrected chi connectivity index (χ2v) is 5.73. The maximum absolute atomic E-state index is 12.0. The fraction of sp³-hybridized carbons (Fsp3) is 0.278. The molecular weight excluding hydrogens is 371 g/mol. The number of amides is 1. The first-order chi connectivity index (χ1) is 12.4. The zero-order valence-electron chi connectivity index (χ0n) is 14.0. The van der Waals surface area contributed by atoms with Crippen molar-refractivity contribution in [1.29, 1.82) is 0 Å². The minimum Gasteiger partial charge on any atom is -0.381 e. The standard InChI is InChI=1S/C12H16ClNO3.C6H3F3/c1-17-11(8-12(15)14-16)7-4-9-2-5-10(13)6-3-9;7-4-2-1-3-5(8)6(4)9/h2-3,5-6,11,16H,4,7-8H2,1H3,(H,14,15);1-3H. The summed E-state index contributed by atoms with van der Waals surface area (Å²) >= 11 is 5.78. The van der Waals surface area contributed by atoms with Crippen molar-refractivity contribution in [3.63, 3.8) is 0 Å². The molecule has 0 radical (unpaired) electrons. The van der Waals surface area contributed by atoms with Crippen LogP contribution in [0.5, 0.6) is 0 Å². The maximum atomic E-state index is 12.0. The molecule has 1 atom stereocenters. The van der Waals surface area contributed by atoms with Crippen molar-refractivity contribution in [2.75, 3.05) is 7.11 Å². The molecule has 0 aliphatic carbocycles. The van der Waals surface area contributed by atoms with E-state index in [4.69, 9.17) is 21.5 Å². The van der Waals surface area contributed by atoms with Crippen molar-refractivity contribution >= 4 is 17.5 Å². The van der Waals surface area contributed by atoms with Crippen LogP contribution in [0.2, 0.25) is 5.02 Å². The number of nitrogens with one attached hydrogen (secondary N) is 1. The van der Waals surface area contributed by atoms with Crippen LogP contribution in [0.15, 0.2) is 42.5 Å². The van der Waals surface area contributed by atoms with Gasteiger partial charge in [0.2, 0.25) is 5.91 Å². The molecular formula is C18H19ClF3NO3. The van der Waals surface area contributed by atoms with Crippen LogP contribution in [-0.2, 0) is 16.0 Å². The molecule has 0 heterocycles. The van der Waals surface area contributed by atoms with Gasteiger partial charge in [0.1, 0.15) is 0 Å². The minimum absolute atomic E-state index is 0.153. The van der Waals surface area contributed by atoms with E-state index >= 15 is 0 Å². The summed E-state index contributed by atoms with van der Waals surface area (Å²) in [4.78, 5) is 11.0. The smallest absolute Gasteiger partial charge is 0.245 e. The van der Waals surface area contributed by atoms with Gasteiger partial charge in [-0.25, -0.2) is 18.7 Å². The molecule has 0 saturated heterocycles. The third-order valence-electron chi connectivity index (χ3n) is 3.44. The summed E-state index contributed by atoms with van der Waals surface area (Å²) < 4.78 is 41.1. The van der Waals surface area contributed by atoms with Crippen LogP contribution >= 0.6 is 11.6 Å². The van der Waals surface area contributed by atoms with Crippen LogP contribution in [0.25, 0.3) is 0 Å². The minimum atomic E-state index is -1.42. The lowest BCUT2D eigenvalue weighted by Crippen LogP contribution is -2.25.